The summed E-state index contributed by atoms with van der Waals surface area (Å²) < 4.78 is 6.66. The molecular formula is C14H13N5O3S. The number of furan rings is 1. The van der Waals surface area contributed by atoms with Gasteiger partial charge >= 0.3 is 0 Å². The summed E-state index contributed by atoms with van der Waals surface area (Å²) in [4.78, 5) is 10.2. The van der Waals surface area contributed by atoms with Gasteiger partial charge in [0.1, 0.15) is 5.76 Å². The Morgan fingerprint density at radius 1 is 1.30 bits per heavy atom. The summed E-state index contributed by atoms with van der Waals surface area (Å²) in [7, 11) is 0. The first-order valence-electron chi connectivity index (χ1n) is 6.67. The highest BCUT2D eigenvalue weighted by molar-refractivity contribution is 7.98. The zero-order valence-corrected chi connectivity index (χ0v) is 13.0. The molecule has 0 spiro atoms. The quantitative estimate of drug-likeness (QED) is 0.331. The molecule has 2 heterocycles. The van der Waals surface area contributed by atoms with Crippen molar-refractivity contribution in [2.24, 2.45) is 0 Å². The molecule has 0 bridgehead atoms. The number of nitrogens with two attached hydrogens (primary N) is 1. The zero-order valence-electron chi connectivity index (χ0n) is 12.2. The molecule has 8 nitrogen and oxygen atoms in total. The standard InChI is InChI=1S/C14H13N5O3S/c1-9-12(6-7-22-9)13-16-17-14(18(13)15)23-8-10-2-4-11(5-3-10)19(20)21/h2-7H,8,15H2,1H3. The highest BCUT2D eigenvalue weighted by Gasteiger charge is 2.15. The summed E-state index contributed by atoms with van der Waals surface area (Å²) in [5.41, 5.74) is 1.80. The van der Waals surface area contributed by atoms with Crippen LogP contribution in [0.2, 0.25) is 0 Å². The summed E-state index contributed by atoms with van der Waals surface area (Å²) in [6, 6.07) is 8.16. The van der Waals surface area contributed by atoms with Gasteiger partial charge in [-0.25, -0.2) is 4.68 Å². The highest BCUT2D eigenvalue weighted by Crippen LogP contribution is 2.27. The summed E-state index contributed by atoms with van der Waals surface area (Å²) >= 11 is 1.40. The Balaban J connectivity index is 1.73. The third-order valence-corrected chi connectivity index (χ3v) is 4.29. The monoisotopic (exact) mass is 331 g/mol. The summed E-state index contributed by atoms with van der Waals surface area (Å²) in [5, 5.41) is 19.3. The molecule has 0 radical (unpaired) electrons. The van der Waals surface area contributed by atoms with E-state index in [2.05, 4.69) is 10.2 Å². The van der Waals surface area contributed by atoms with Crippen LogP contribution >= 0.6 is 11.8 Å². The molecule has 3 rings (SSSR count). The van der Waals surface area contributed by atoms with Gasteiger partial charge in [0.25, 0.3) is 5.69 Å². The fourth-order valence-electron chi connectivity index (χ4n) is 2.04. The van der Waals surface area contributed by atoms with E-state index in [4.69, 9.17) is 10.3 Å². The van der Waals surface area contributed by atoms with Crippen molar-refractivity contribution in [3.8, 4) is 11.4 Å². The van der Waals surface area contributed by atoms with Crippen LogP contribution in [0.1, 0.15) is 11.3 Å². The number of thioether (sulfide) groups is 1. The van der Waals surface area contributed by atoms with Gasteiger partial charge in [-0.1, -0.05) is 23.9 Å². The molecule has 118 valence electrons. The van der Waals surface area contributed by atoms with Crippen molar-refractivity contribution < 1.29 is 9.34 Å². The second-order valence-electron chi connectivity index (χ2n) is 4.78. The average molecular weight is 331 g/mol. The molecule has 23 heavy (non-hydrogen) atoms. The van der Waals surface area contributed by atoms with E-state index >= 15 is 0 Å². The van der Waals surface area contributed by atoms with Crippen LogP contribution in [-0.2, 0) is 5.75 Å². The molecule has 0 unspecified atom stereocenters. The van der Waals surface area contributed by atoms with Gasteiger partial charge in [0.05, 0.1) is 16.7 Å². The van der Waals surface area contributed by atoms with Crippen LogP contribution in [0, 0.1) is 17.0 Å². The third-order valence-electron chi connectivity index (χ3n) is 3.28. The number of nitro groups is 1. The minimum atomic E-state index is -0.424. The lowest BCUT2D eigenvalue weighted by Crippen LogP contribution is -2.11. The topological polar surface area (TPSA) is 113 Å². The number of hydrogen-bond acceptors (Lipinski definition) is 7. The maximum Gasteiger partial charge on any atom is 0.269 e. The lowest BCUT2D eigenvalue weighted by atomic mass is 10.2. The number of nitro benzene ring substituents is 1. The molecule has 0 atom stereocenters. The first-order chi connectivity index (χ1) is 11.1. The maximum atomic E-state index is 10.6. The second kappa shape index (κ2) is 6.13. The lowest BCUT2D eigenvalue weighted by Gasteiger charge is -2.03. The van der Waals surface area contributed by atoms with Crippen molar-refractivity contribution in [3.05, 3.63) is 58.0 Å². The summed E-state index contributed by atoms with van der Waals surface area (Å²) in [5.74, 6) is 7.86. The van der Waals surface area contributed by atoms with Crippen LogP contribution in [0.3, 0.4) is 0 Å². The van der Waals surface area contributed by atoms with Gasteiger partial charge in [0.2, 0.25) is 5.16 Å². The van der Waals surface area contributed by atoms with E-state index in [1.165, 1.54) is 28.6 Å². The molecule has 3 aromatic rings. The highest BCUT2D eigenvalue weighted by atomic mass is 32.2. The van der Waals surface area contributed by atoms with Crippen molar-refractivity contribution in [1.82, 2.24) is 14.9 Å². The molecule has 9 heteroatoms. The summed E-state index contributed by atoms with van der Waals surface area (Å²) in [6.07, 6.45) is 1.57. The SMILES string of the molecule is Cc1occc1-c1nnc(SCc2ccc([N+](=O)[O-])cc2)n1N. The molecule has 0 fully saturated rings. The van der Waals surface area contributed by atoms with Crippen LogP contribution in [-0.4, -0.2) is 19.8 Å². The molecule has 2 aromatic heterocycles. The molecule has 0 saturated carbocycles. The number of aromatic nitrogens is 3. The van der Waals surface area contributed by atoms with Crippen molar-refractivity contribution in [3.63, 3.8) is 0 Å². The Kier molecular flexibility index (Phi) is 4.02. The predicted molar refractivity (Wildman–Crippen MR) is 85.3 cm³/mol. The molecular weight excluding hydrogens is 318 g/mol. The smallest absolute Gasteiger partial charge is 0.269 e. The average Bonchev–Trinajstić information content (AvgIpc) is 3.11. The maximum absolute atomic E-state index is 10.6. The number of nitrogens with zero attached hydrogens (tertiary/aromatic N) is 4. The van der Waals surface area contributed by atoms with E-state index < -0.39 is 4.92 Å². The lowest BCUT2D eigenvalue weighted by molar-refractivity contribution is -0.384. The van der Waals surface area contributed by atoms with Gasteiger partial charge in [-0.3, -0.25) is 10.1 Å². The van der Waals surface area contributed by atoms with Gasteiger partial charge in [-0.2, -0.15) is 0 Å². The molecule has 0 amide bonds. The third kappa shape index (κ3) is 3.04. The van der Waals surface area contributed by atoms with Crippen LogP contribution in [0.4, 0.5) is 5.69 Å². The van der Waals surface area contributed by atoms with Gasteiger partial charge in [-0.15, -0.1) is 10.2 Å². The first-order valence-corrected chi connectivity index (χ1v) is 7.66. The first kappa shape index (κ1) is 15.1. The normalized spacial score (nSPS) is 10.8. The Labute approximate surface area is 135 Å². The predicted octanol–water partition coefficient (Wildman–Crippen LogP) is 2.76. The Morgan fingerprint density at radius 2 is 2.04 bits per heavy atom. The van der Waals surface area contributed by atoms with Crippen molar-refractivity contribution >= 4 is 17.4 Å². The number of non-ortho nitro benzene ring substituents is 1. The van der Waals surface area contributed by atoms with Crippen molar-refractivity contribution in [2.45, 2.75) is 17.8 Å². The molecule has 0 aliphatic heterocycles. The second-order valence-corrected chi connectivity index (χ2v) is 5.72. The van der Waals surface area contributed by atoms with E-state index in [1.807, 2.05) is 6.92 Å². The Hall–Kier alpha value is -2.81. The molecule has 0 saturated heterocycles. The number of hydrogen-bond donors (Lipinski definition) is 1. The zero-order chi connectivity index (χ0) is 16.4. The van der Waals surface area contributed by atoms with Gasteiger partial charge in [-0.05, 0) is 18.6 Å². The van der Waals surface area contributed by atoms with Crippen molar-refractivity contribution in [2.75, 3.05) is 5.84 Å². The molecule has 0 aliphatic rings. The van der Waals surface area contributed by atoms with Gasteiger partial charge in [0, 0.05) is 17.9 Å². The number of benzene rings is 1. The van der Waals surface area contributed by atoms with Gasteiger partial charge < -0.3 is 10.3 Å². The molecule has 0 aliphatic carbocycles. The van der Waals surface area contributed by atoms with Crippen molar-refractivity contribution in [1.29, 1.82) is 0 Å². The van der Waals surface area contributed by atoms with E-state index in [-0.39, 0.29) is 5.69 Å². The van der Waals surface area contributed by atoms with Crippen LogP contribution < -0.4 is 5.84 Å². The number of aryl methyl sites for hydroxylation is 1. The Bertz CT molecular complexity index is 840. The fraction of sp³-hybridized carbons (Fsp3) is 0.143. The van der Waals surface area contributed by atoms with Crippen LogP contribution in [0.25, 0.3) is 11.4 Å². The number of rotatable bonds is 5. The van der Waals surface area contributed by atoms with Gasteiger partial charge in [0.15, 0.2) is 5.82 Å². The number of nitrogen functional groups attached to an aromatic ring is 1. The molecule has 1 aromatic carbocycles. The van der Waals surface area contributed by atoms with E-state index in [9.17, 15) is 10.1 Å². The Morgan fingerprint density at radius 3 is 2.65 bits per heavy atom. The minimum absolute atomic E-state index is 0.0680. The fourth-order valence-corrected chi connectivity index (χ4v) is 2.85. The van der Waals surface area contributed by atoms with E-state index in [0.717, 1.165) is 16.9 Å². The van der Waals surface area contributed by atoms with Crippen LogP contribution in [0.15, 0.2) is 46.2 Å². The summed E-state index contributed by atoms with van der Waals surface area (Å²) in [6.45, 7) is 1.83. The largest absolute Gasteiger partial charge is 0.469 e. The van der Waals surface area contributed by atoms with E-state index in [0.29, 0.717) is 16.7 Å². The molecule has 2 N–H and O–H groups in total. The minimum Gasteiger partial charge on any atom is -0.469 e. The van der Waals surface area contributed by atoms with E-state index in [1.54, 1.807) is 24.5 Å². The van der Waals surface area contributed by atoms with Crippen LogP contribution in [0.5, 0.6) is 0 Å².